The molecule has 4 amide bonds. The highest BCUT2D eigenvalue weighted by molar-refractivity contribution is 7.51. The minimum atomic E-state index is -4.69. The summed E-state index contributed by atoms with van der Waals surface area (Å²) in [5.41, 5.74) is 0. The van der Waals surface area contributed by atoms with Crippen molar-refractivity contribution >= 4 is 51.0 Å². The summed E-state index contributed by atoms with van der Waals surface area (Å²) in [5, 5.41) is 11.1. The normalized spacial score (nSPS) is 13.7. The van der Waals surface area contributed by atoms with E-state index in [1.165, 1.54) is 77.0 Å². The number of unbranched alkanes of at least 4 members (excludes halogenated alkanes) is 28. The highest BCUT2D eigenvalue weighted by atomic mass is 31.2. The first-order valence-electron chi connectivity index (χ1n) is 33.8. The Balaban J connectivity index is 4.84. The summed E-state index contributed by atoms with van der Waals surface area (Å²) in [6.07, 6.45) is 45.7. The number of ether oxygens (including phenoxy) is 2. The van der Waals surface area contributed by atoms with Gasteiger partial charge in [0.1, 0.15) is 12.6 Å². The number of amides is 4. The summed E-state index contributed by atoms with van der Waals surface area (Å²) in [4.78, 5) is 96.2. The van der Waals surface area contributed by atoms with Crippen LogP contribution in [0.25, 0.3) is 0 Å². The molecule has 4 atom stereocenters. The quantitative estimate of drug-likeness (QED) is 0.0143. The van der Waals surface area contributed by atoms with Gasteiger partial charge in [0.05, 0.1) is 19.8 Å². The van der Waals surface area contributed by atoms with E-state index in [0.29, 0.717) is 64.5 Å². The number of rotatable bonds is 63. The number of hydrogen-bond acceptors (Lipinski definition) is 13. The van der Waals surface area contributed by atoms with Crippen LogP contribution in [-0.2, 0) is 60.9 Å². The number of nitrogens with one attached hydrogen (secondary N) is 4. The van der Waals surface area contributed by atoms with Gasteiger partial charge in [0, 0.05) is 58.4 Å². The molecule has 0 saturated heterocycles. The topological polar surface area (TPSA) is 271 Å². The number of carbonyl (C=O) groups excluding carboxylic acids is 6. The average molecular weight is 1260 g/mol. The number of phosphoric ester groups is 1. The van der Waals surface area contributed by atoms with Crippen molar-refractivity contribution in [3.8, 4) is 0 Å². The predicted octanol–water partition coefficient (Wildman–Crippen LogP) is 14.8. The van der Waals surface area contributed by atoms with Crippen molar-refractivity contribution in [3.05, 3.63) is 24.3 Å². The van der Waals surface area contributed by atoms with Gasteiger partial charge in [-0.15, -0.1) is 0 Å². The molecule has 0 radical (unpaired) electrons. The lowest BCUT2D eigenvalue weighted by molar-refractivity contribution is -0.161. The van der Waals surface area contributed by atoms with Gasteiger partial charge < -0.3 is 45.1 Å². The van der Waals surface area contributed by atoms with E-state index >= 15 is 0 Å². The minimum absolute atomic E-state index is 0.0175. The van der Waals surface area contributed by atoms with E-state index in [9.17, 15) is 47.7 Å². The zero-order chi connectivity index (χ0) is 63.5. The molecule has 0 rings (SSSR count). The Morgan fingerprint density at radius 2 is 0.849 bits per heavy atom. The Morgan fingerprint density at radius 1 is 0.419 bits per heavy atom. The molecular formula is C65H122N4O15P2. The summed E-state index contributed by atoms with van der Waals surface area (Å²) in [7, 11) is -8.25. The maximum Gasteiger partial charge on any atom is 0.472 e. The van der Waals surface area contributed by atoms with E-state index in [1.54, 1.807) is 0 Å². The molecule has 21 heteroatoms. The molecule has 0 fully saturated rings. The standard InChI is InChI=1S/C65H122N4O15P2/c1-5-8-11-14-16-18-20-22-24-26-28-30-32-35-38-49-63(73)80-56-58(84-64(74)50-39-36-33-31-29-27-25-23-21-19-17-15-12-9-6-2)57-83-86(78,79)82-55-53-67-61(71)48-44-47-60(70)66-51-41-40-45-59(69-62(72)46-37-34-13-10-7-3)65(75)68-52-42-43-54-81-85(4,76)77/h22-25,58-59H,5-21,26-57H2,1-4H3,(H,66,70)(H,67,71)(H,68,75)(H,69,72)(H,76,77)(H,78,79)/b24-22-,25-23-. The molecule has 0 spiro atoms. The van der Waals surface area contributed by atoms with E-state index in [-0.39, 0.29) is 76.2 Å². The fraction of sp³-hybridized carbons (Fsp3) is 0.846. The van der Waals surface area contributed by atoms with E-state index in [2.05, 4.69) is 66.3 Å². The molecule has 86 heavy (non-hydrogen) atoms. The van der Waals surface area contributed by atoms with Crippen LogP contribution in [0.5, 0.6) is 0 Å². The van der Waals surface area contributed by atoms with Crippen LogP contribution in [0, 0.1) is 0 Å². The van der Waals surface area contributed by atoms with E-state index < -0.39 is 52.0 Å². The molecule has 502 valence electrons. The molecule has 19 nitrogen and oxygen atoms in total. The van der Waals surface area contributed by atoms with Crippen LogP contribution in [0.1, 0.15) is 290 Å². The third-order valence-corrected chi connectivity index (χ3v) is 16.2. The van der Waals surface area contributed by atoms with Crippen molar-refractivity contribution in [2.24, 2.45) is 0 Å². The van der Waals surface area contributed by atoms with Gasteiger partial charge in [-0.25, -0.2) is 4.57 Å². The van der Waals surface area contributed by atoms with Crippen molar-refractivity contribution < 1.29 is 70.7 Å². The number of phosphoric acid groups is 1. The molecule has 0 bridgehead atoms. The van der Waals surface area contributed by atoms with Crippen LogP contribution in [0.3, 0.4) is 0 Å². The van der Waals surface area contributed by atoms with Crippen LogP contribution < -0.4 is 21.3 Å². The van der Waals surface area contributed by atoms with Gasteiger partial charge in [0.2, 0.25) is 23.6 Å². The highest BCUT2D eigenvalue weighted by Gasteiger charge is 2.27. The predicted molar refractivity (Wildman–Crippen MR) is 344 cm³/mol. The van der Waals surface area contributed by atoms with Crippen LogP contribution in [0.2, 0.25) is 0 Å². The Hall–Kier alpha value is -3.44. The molecule has 0 saturated carbocycles. The second-order valence-corrected chi connectivity index (χ2v) is 26.3. The summed E-state index contributed by atoms with van der Waals surface area (Å²) < 4.78 is 50.4. The average Bonchev–Trinajstić information content (AvgIpc) is 3.58. The Kier molecular flexibility index (Phi) is 56.8. The molecule has 6 N–H and O–H groups in total. The lowest BCUT2D eigenvalue weighted by Gasteiger charge is -2.20. The first-order chi connectivity index (χ1) is 41.5. The smallest absolute Gasteiger partial charge is 0.462 e. The van der Waals surface area contributed by atoms with Gasteiger partial charge in [-0.1, -0.05) is 173 Å². The van der Waals surface area contributed by atoms with Crippen molar-refractivity contribution in [1.82, 2.24) is 21.3 Å². The SMILES string of the molecule is CCCCCCCC/C=C\CCCCCCCC(=O)OCC(COP(=O)(O)OCCNC(=O)CCCC(=O)NCCCCC(NC(=O)CCCCCCC)C(=O)NCCCCOP(C)(=O)O)OC(=O)CCCCCCC/C=C\CCCCCCCC. The van der Waals surface area contributed by atoms with Crippen molar-refractivity contribution in [2.45, 2.75) is 303 Å². The second kappa shape index (κ2) is 59.2. The largest absolute Gasteiger partial charge is 0.472 e. The third kappa shape index (κ3) is 59.5. The second-order valence-electron chi connectivity index (χ2n) is 23.0. The van der Waals surface area contributed by atoms with Gasteiger partial charge in [0.25, 0.3) is 0 Å². The molecule has 0 aliphatic rings. The Morgan fingerprint density at radius 3 is 1.36 bits per heavy atom. The minimum Gasteiger partial charge on any atom is -0.462 e. The number of carbonyl (C=O) groups is 6. The zero-order valence-corrected chi connectivity index (χ0v) is 56.0. The fourth-order valence-electron chi connectivity index (χ4n) is 9.37. The van der Waals surface area contributed by atoms with Crippen LogP contribution in [0.15, 0.2) is 24.3 Å². The first-order valence-corrected chi connectivity index (χ1v) is 37.4. The highest BCUT2D eigenvalue weighted by Crippen LogP contribution is 2.43. The van der Waals surface area contributed by atoms with E-state index in [0.717, 1.165) is 116 Å². The Labute approximate surface area is 520 Å². The molecular weight excluding hydrogens is 1140 g/mol. The first kappa shape index (κ1) is 82.6. The van der Waals surface area contributed by atoms with Gasteiger partial charge in [-0.2, -0.15) is 0 Å². The molecule has 0 aliphatic heterocycles. The number of allylic oxidation sites excluding steroid dienone is 4. The fourth-order valence-corrected chi connectivity index (χ4v) is 10.6. The number of esters is 2. The van der Waals surface area contributed by atoms with Gasteiger partial charge in [-0.3, -0.25) is 42.4 Å². The van der Waals surface area contributed by atoms with Gasteiger partial charge in [-0.05, 0) is 109 Å². The maximum atomic E-state index is 13.0. The van der Waals surface area contributed by atoms with E-state index in [1.807, 2.05) is 0 Å². The third-order valence-electron chi connectivity index (χ3n) is 14.5. The molecule has 4 unspecified atom stereocenters. The van der Waals surface area contributed by atoms with Gasteiger partial charge >= 0.3 is 27.4 Å². The summed E-state index contributed by atoms with van der Waals surface area (Å²) in [6, 6.07) is -0.750. The van der Waals surface area contributed by atoms with Crippen LogP contribution in [-0.4, -0.2) is 110 Å². The lowest BCUT2D eigenvalue weighted by Crippen LogP contribution is -2.47. The lowest BCUT2D eigenvalue weighted by atomic mass is 10.1. The molecule has 0 aliphatic carbocycles. The van der Waals surface area contributed by atoms with Crippen molar-refractivity contribution in [2.75, 3.05) is 52.7 Å². The summed E-state index contributed by atoms with van der Waals surface area (Å²) >= 11 is 0. The molecule has 0 aromatic rings. The summed E-state index contributed by atoms with van der Waals surface area (Å²) in [5.74, 6) is -2.15. The Bertz CT molecular complexity index is 1870. The zero-order valence-electron chi connectivity index (χ0n) is 54.2. The van der Waals surface area contributed by atoms with Crippen LogP contribution >= 0.6 is 15.4 Å². The van der Waals surface area contributed by atoms with E-state index in [4.69, 9.17) is 23.0 Å². The van der Waals surface area contributed by atoms with Crippen molar-refractivity contribution in [1.29, 1.82) is 0 Å². The molecule has 0 heterocycles. The van der Waals surface area contributed by atoms with Gasteiger partial charge in [0.15, 0.2) is 6.10 Å². The van der Waals surface area contributed by atoms with Crippen LogP contribution in [0.4, 0.5) is 0 Å². The number of hydrogen-bond donors (Lipinski definition) is 6. The summed E-state index contributed by atoms with van der Waals surface area (Å²) in [6.45, 7) is 7.03. The monoisotopic (exact) mass is 1260 g/mol. The molecule has 0 aromatic carbocycles. The maximum absolute atomic E-state index is 13.0. The van der Waals surface area contributed by atoms with Crippen molar-refractivity contribution in [3.63, 3.8) is 0 Å². The molecule has 0 aromatic heterocycles.